The van der Waals surface area contributed by atoms with E-state index in [4.69, 9.17) is 4.74 Å². The van der Waals surface area contributed by atoms with Crippen molar-refractivity contribution in [3.63, 3.8) is 0 Å². The maximum absolute atomic E-state index is 12.3. The average Bonchev–Trinajstić information content (AvgIpc) is 2.77. The Kier molecular flexibility index (Phi) is 5.76. The zero-order valence-corrected chi connectivity index (χ0v) is 16.1. The van der Waals surface area contributed by atoms with E-state index >= 15 is 0 Å². The molecule has 1 aliphatic heterocycles. The SMILES string of the molecule is O=C(NCCOc1ccc2ccccc2c1)c1ccc(N2CCCCC2)cc1. The van der Waals surface area contributed by atoms with Gasteiger partial charge in [-0.1, -0.05) is 30.3 Å². The molecule has 1 N–H and O–H groups in total. The molecule has 0 unspecified atom stereocenters. The summed E-state index contributed by atoms with van der Waals surface area (Å²) in [4.78, 5) is 14.7. The number of hydrogen-bond acceptors (Lipinski definition) is 3. The molecule has 3 aromatic carbocycles. The topological polar surface area (TPSA) is 41.6 Å². The van der Waals surface area contributed by atoms with E-state index in [0.29, 0.717) is 18.7 Å². The van der Waals surface area contributed by atoms with Gasteiger partial charge in [-0.15, -0.1) is 0 Å². The van der Waals surface area contributed by atoms with Gasteiger partial charge in [0.1, 0.15) is 12.4 Å². The van der Waals surface area contributed by atoms with E-state index in [9.17, 15) is 4.79 Å². The number of amides is 1. The van der Waals surface area contributed by atoms with Crippen molar-refractivity contribution in [2.75, 3.05) is 31.1 Å². The third kappa shape index (κ3) is 4.45. The van der Waals surface area contributed by atoms with E-state index in [2.05, 4.69) is 22.3 Å². The van der Waals surface area contributed by atoms with Gasteiger partial charge >= 0.3 is 0 Å². The summed E-state index contributed by atoms with van der Waals surface area (Å²) in [7, 11) is 0. The summed E-state index contributed by atoms with van der Waals surface area (Å²) in [5.41, 5.74) is 1.89. The Hall–Kier alpha value is -3.01. The summed E-state index contributed by atoms with van der Waals surface area (Å²) in [5.74, 6) is 0.756. The van der Waals surface area contributed by atoms with Crippen LogP contribution in [0, 0.1) is 0 Å². The molecule has 3 aromatic rings. The maximum atomic E-state index is 12.3. The number of piperidine rings is 1. The molecule has 0 saturated carbocycles. The van der Waals surface area contributed by atoms with E-state index < -0.39 is 0 Å². The Morgan fingerprint density at radius 3 is 2.43 bits per heavy atom. The van der Waals surface area contributed by atoms with Gasteiger partial charge in [0.2, 0.25) is 0 Å². The largest absolute Gasteiger partial charge is 0.492 e. The summed E-state index contributed by atoms with van der Waals surface area (Å²) in [6.07, 6.45) is 3.82. The van der Waals surface area contributed by atoms with Crippen LogP contribution in [-0.4, -0.2) is 32.1 Å². The lowest BCUT2D eigenvalue weighted by atomic mass is 10.1. The fourth-order valence-electron chi connectivity index (χ4n) is 3.67. The second-order valence-electron chi connectivity index (χ2n) is 7.21. The van der Waals surface area contributed by atoms with Crippen LogP contribution in [0.25, 0.3) is 10.8 Å². The molecule has 1 aliphatic rings. The van der Waals surface area contributed by atoms with Crippen molar-refractivity contribution in [3.8, 4) is 5.75 Å². The van der Waals surface area contributed by atoms with Gasteiger partial charge in [-0.25, -0.2) is 0 Å². The fourth-order valence-corrected chi connectivity index (χ4v) is 3.67. The molecule has 4 rings (SSSR count). The zero-order valence-electron chi connectivity index (χ0n) is 16.1. The number of carbonyl (C=O) groups is 1. The van der Waals surface area contributed by atoms with Crippen molar-refractivity contribution >= 4 is 22.4 Å². The maximum Gasteiger partial charge on any atom is 0.251 e. The second kappa shape index (κ2) is 8.79. The predicted octanol–water partition coefficient (Wildman–Crippen LogP) is 4.64. The summed E-state index contributed by atoms with van der Waals surface area (Å²) in [6, 6.07) is 22.1. The second-order valence-corrected chi connectivity index (χ2v) is 7.21. The van der Waals surface area contributed by atoms with Crippen molar-refractivity contribution in [1.82, 2.24) is 5.32 Å². The summed E-state index contributed by atoms with van der Waals surface area (Å²) >= 11 is 0. The first-order valence-electron chi connectivity index (χ1n) is 10.0. The Morgan fingerprint density at radius 1 is 0.893 bits per heavy atom. The number of nitrogens with zero attached hydrogens (tertiary/aromatic N) is 1. The molecule has 4 nitrogen and oxygen atoms in total. The Bertz CT molecular complexity index is 931. The first kappa shape index (κ1) is 18.4. The Balaban J connectivity index is 1.25. The highest BCUT2D eigenvalue weighted by molar-refractivity contribution is 5.94. The number of rotatable bonds is 6. The Labute approximate surface area is 166 Å². The number of hydrogen-bond donors (Lipinski definition) is 1. The van der Waals surface area contributed by atoms with Gasteiger partial charge in [0.15, 0.2) is 0 Å². The van der Waals surface area contributed by atoms with Crippen molar-refractivity contribution in [1.29, 1.82) is 0 Å². The van der Waals surface area contributed by atoms with Gasteiger partial charge in [-0.05, 0) is 66.4 Å². The number of ether oxygens (including phenoxy) is 1. The number of benzene rings is 3. The molecule has 0 aliphatic carbocycles. The molecule has 1 heterocycles. The molecule has 144 valence electrons. The van der Waals surface area contributed by atoms with E-state index in [0.717, 1.165) is 24.2 Å². The van der Waals surface area contributed by atoms with Crippen LogP contribution in [0.5, 0.6) is 5.75 Å². The van der Waals surface area contributed by atoms with Crippen LogP contribution in [0.3, 0.4) is 0 Å². The van der Waals surface area contributed by atoms with Gasteiger partial charge in [-0.3, -0.25) is 4.79 Å². The van der Waals surface area contributed by atoms with E-state index in [1.165, 1.54) is 30.3 Å². The normalized spacial score (nSPS) is 14.1. The van der Waals surface area contributed by atoms with Crippen LogP contribution in [-0.2, 0) is 0 Å². The molecule has 0 radical (unpaired) electrons. The quantitative estimate of drug-likeness (QED) is 0.639. The lowest BCUT2D eigenvalue weighted by molar-refractivity contribution is 0.0947. The molecule has 4 heteroatoms. The standard InChI is InChI=1S/C24H26N2O2/c27-24(20-8-11-22(12-9-20)26-15-4-1-5-16-26)25-14-17-28-23-13-10-19-6-2-3-7-21(19)18-23/h2-3,6-13,18H,1,4-5,14-17H2,(H,25,27). The van der Waals surface area contributed by atoms with Crippen molar-refractivity contribution in [2.24, 2.45) is 0 Å². The third-order valence-electron chi connectivity index (χ3n) is 5.23. The van der Waals surface area contributed by atoms with E-state index in [-0.39, 0.29) is 5.91 Å². The van der Waals surface area contributed by atoms with Crippen molar-refractivity contribution in [2.45, 2.75) is 19.3 Å². The smallest absolute Gasteiger partial charge is 0.251 e. The summed E-state index contributed by atoms with van der Waals surface area (Å²) in [6.45, 7) is 3.13. The van der Waals surface area contributed by atoms with Crippen molar-refractivity contribution in [3.05, 3.63) is 72.3 Å². The highest BCUT2D eigenvalue weighted by Gasteiger charge is 2.12. The summed E-state index contributed by atoms with van der Waals surface area (Å²) < 4.78 is 5.78. The van der Waals surface area contributed by atoms with E-state index in [1.807, 2.05) is 54.6 Å². The van der Waals surface area contributed by atoms with Crippen LogP contribution in [0.1, 0.15) is 29.6 Å². The number of fused-ring (bicyclic) bond motifs is 1. The number of nitrogens with one attached hydrogen (secondary N) is 1. The Morgan fingerprint density at radius 2 is 1.64 bits per heavy atom. The van der Waals surface area contributed by atoms with Crippen LogP contribution >= 0.6 is 0 Å². The molecule has 1 amide bonds. The van der Waals surface area contributed by atoms with Gasteiger partial charge in [0.25, 0.3) is 5.91 Å². The minimum absolute atomic E-state index is 0.0627. The van der Waals surface area contributed by atoms with Gasteiger partial charge < -0.3 is 15.0 Å². The fraction of sp³-hybridized carbons (Fsp3) is 0.292. The highest BCUT2D eigenvalue weighted by atomic mass is 16.5. The van der Waals surface area contributed by atoms with Crippen LogP contribution in [0.15, 0.2) is 66.7 Å². The monoisotopic (exact) mass is 374 g/mol. The number of carbonyl (C=O) groups excluding carboxylic acids is 1. The van der Waals surface area contributed by atoms with Gasteiger partial charge in [-0.2, -0.15) is 0 Å². The average molecular weight is 374 g/mol. The van der Waals surface area contributed by atoms with Crippen LogP contribution in [0.4, 0.5) is 5.69 Å². The molecule has 1 saturated heterocycles. The van der Waals surface area contributed by atoms with E-state index in [1.54, 1.807) is 0 Å². The minimum atomic E-state index is -0.0627. The molecule has 0 bridgehead atoms. The molecule has 0 atom stereocenters. The molecular weight excluding hydrogens is 348 g/mol. The zero-order chi connectivity index (χ0) is 19.2. The lowest BCUT2D eigenvalue weighted by Gasteiger charge is -2.28. The number of anilines is 1. The van der Waals surface area contributed by atoms with Crippen molar-refractivity contribution < 1.29 is 9.53 Å². The highest BCUT2D eigenvalue weighted by Crippen LogP contribution is 2.21. The van der Waals surface area contributed by atoms with Gasteiger partial charge in [0, 0.05) is 24.3 Å². The molecule has 28 heavy (non-hydrogen) atoms. The predicted molar refractivity (Wildman–Crippen MR) is 114 cm³/mol. The molecule has 0 aromatic heterocycles. The molecule has 0 spiro atoms. The lowest BCUT2D eigenvalue weighted by Crippen LogP contribution is -2.30. The first-order valence-corrected chi connectivity index (χ1v) is 10.0. The third-order valence-corrected chi connectivity index (χ3v) is 5.23. The minimum Gasteiger partial charge on any atom is -0.492 e. The molecule has 1 fully saturated rings. The molecular formula is C24H26N2O2. The van der Waals surface area contributed by atoms with Gasteiger partial charge in [0.05, 0.1) is 6.54 Å². The first-order chi connectivity index (χ1) is 13.8. The summed E-state index contributed by atoms with van der Waals surface area (Å²) in [5, 5.41) is 5.27. The van der Waals surface area contributed by atoms with Crippen LogP contribution in [0.2, 0.25) is 0 Å². The van der Waals surface area contributed by atoms with Crippen LogP contribution < -0.4 is 15.0 Å².